The summed E-state index contributed by atoms with van der Waals surface area (Å²) in [4.78, 5) is 11.7. The molecule has 1 amide bonds. The molecule has 0 saturated carbocycles. The van der Waals surface area contributed by atoms with E-state index in [2.05, 4.69) is 5.32 Å². The molecule has 0 bridgehead atoms. The number of nitriles is 1. The van der Waals surface area contributed by atoms with Gasteiger partial charge >= 0.3 is 0 Å². The lowest BCUT2D eigenvalue weighted by Gasteiger charge is -2.13. The topological polar surface area (TPSA) is 52.9 Å². The van der Waals surface area contributed by atoms with Gasteiger partial charge in [-0.3, -0.25) is 4.79 Å². The quantitative estimate of drug-likeness (QED) is 0.900. The lowest BCUT2D eigenvalue weighted by molar-refractivity contribution is -0.119. The van der Waals surface area contributed by atoms with Gasteiger partial charge in [-0.2, -0.15) is 5.26 Å². The van der Waals surface area contributed by atoms with Crippen molar-refractivity contribution < 1.29 is 9.18 Å². The van der Waals surface area contributed by atoms with Gasteiger partial charge < -0.3 is 5.32 Å². The Hall–Kier alpha value is -1.60. The van der Waals surface area contributed by atoms with Crippen molar-refractivity contribution in [3.63, 3.8) is 0 Å². The number of hydrogen-bond donors (Lipinski definition) is 1. The summed E-state index contributed by atoms with van der Waals surface area (Å²) >= 11 is 5.58. The van der Waals surface area contributed by atoms with Crippen LogP contribution in [0.25, 0.3) is 0 Å². The molecule has 1 aromatic carbocycles. The van der Waals surface area contributed by atoms with Crippen molar-refractivity contribution in [2.45, 2.75) is 13.8 Å². The summed E-state index contributed by atoms with van der Waals surface area (Å²) in [6.07, 6.45) is 0. The van der Waals surface area contributed by atoms with Gasteiger partial charge in [-0.05, 0) is 18.1 Å². The van der Waals surface area contributed by atoms with E-state index >= 15 is 0 Å². The first-order valence-electron chi connectivity index (χ1n) is 5.12. The number of benzene rings is 1. The fourth-order valence-corrected chi connectivity index (χ4v) is 1.50. The second-order valence-electron chi connectivity index (χ2n) is 3.94. The van der Waals surface area contributed by atoms with Gasteiger partial charge in [0.15, 0.2) is 5.82 Å². The highest BCUT2D eigenvalue weighted by molar-refractivity contribution is 6.31. The Morgan fingerprint density at radius 2 is 2.18 bits per heavy atom. The SMILES string of the molecule is CC(C)C(C#N)C(=O)Nc1cccc(Cl)c1F. The number of amides is 1. The molecule has 0 spiro atoms. The van der Waals surface area contributed by atoms with E-state index in [9.17, 15) is 9.18 Å². The zero-order valence-electron chi connectivity index (χ0n) is 9.50. The largest absolute Gasteiger partial charge is 0.322 e. The first-order chi connectivity index (χ1) is 7.97. The Morgan fingerprint density at radius 3 is 2.71 bits per heavy atom. The maximum atomic E-state index is 13.5. The number of rotatable bonds is 3. The lowest BCUT2D eigenvalue weighted by Crippen LogP contribution is -2.26. The molecular weight excluding hydrogens is 243 g/mol. The molecule has 1 N–H and O–H groups in total. The summed E-state index contributed by atoms with van der Waals surface area (Å²) in [5, 5.41) is 11.1. The van der Waals surface area contributed by atoms with Gasteiger partial charge in [-0.1, -0.05) is 31.5 Å². The van der Waals surface area contributed by atoms with E-state index in [0.29, 0.717) is 0 Å². The summed E-state index contributed by atoms with van der Waals surface area (Å²) in [6, 6.07) is 6.20. The van der Waals surface area contributed by atoms with E-state index in [4.69, 9.17) is 16.9 Å². The van der Waals surface area contributed by atoms with E-state index in [-0.39, 0.29) is 16.6 Å². The molecule has 5 heteroatoms. The highest BCUT2D eigenvalue weighted by Gasteiger charge is 2.22. The molecule has 0 aliphatic carbocycles. The maximum Gasteiger partial charge on any atom is 0.242 e. The summed E-state index contributed by atoms with van der Waals surface area (Å²) in [7, 11) is 0. The molecule has 17 heavy (non-hydrogen) atoms. The van der Waals surface area contributed by atoms with Crippen LogP contribution in [0.4, 0.5) is 10.1 Å². The second kappa shape index (κ2) is 5.65. The van der Waals surface area contributed by atoms with Gasteiger partial charge in [-0.25, -0.2) is 4.39 Å². The van der Waals surface area contributed by atoms with Crippen molar-refractivity contribution in [3.8, 4) is 6.07 Å². The van der Waals surface area contributed by atoms with E-state index in [1.54, 1.807) is 13.8 Å². The van der Waals surface area contributed by atoms with Crippen LogP contribution >= 0.6 is 11.6 Å². The highest BCUT2D eigenvalue weighted by atomic mass is 35.5. The first-order valence-corrected chi connectivity index (χ1v) is 5.49. The minimum Gasteiger partial charge on any atom is -0.322 e. The molecule has 0 saturated heterocycles. The van der Waals surface area contributed by atoms with Crippen molar-refractivity contribution in [2.24, 2.45) is 11.8 Å². The molecular formula is C12H12ClFN2O. The van der Waals surface area contributed by atoms with Crippen LogP contribution in [-0.4, -0.2) is 5.91 Å². The average Bonchev–Trinajstić information content (AvgIpc) is 2.25. The maximum absolute atomic E-state index is 13.5. The summed E-state index contributed by atoms with van der Waals surface area (Å²) in [5.41, 5.74) is -0.0107. The second-order valence-corrected chi connectivity index (χ2v) is 4.35. The Labute approximate surface area is 104 Å². The molecule has 1 atom stereocenters. The Morgan fingerprint density at radius 1 is 1.53 bits per heavy atom. The number of nitrogens with one attached hydrogen (secondary N) is 1. The molecule has 90 valence electrons. The van der Waals surface area contributed by atoms with Crippen molar-refractivity contribution >= 4 is 23.2 Å². The highest BCUT2D eigenvalue weighted by Crippen LogP contribution is 2.23. The number of nitrogens with zero attached hydrogens (tertiary/aromatic N) is 1. The average molecular weight is 255 g/mol. The van der Waals surface area contributed by atoms with Crippen molar-refractivity contribution in [1.29, 1.82) is 5.26 Å². The van der Waals surface area contributed by atoms with Gasteiger partial charge in [-0.15, -0.1) is 0 Å². The molecule has 0 fully saturated rings. The molecule has 1 rings (SSSR count). The number of carbonyl (C=O) groups is 1. The summed E-state index contributed by atoms with van der Waals surface area (Å²) in [6.45, 7) is 3.50. The molecule has 0 aliphatic heterocycles. The molecule has 0 heterocycles. The monoisotopic (exact) mass is 254 g/mol. The predicted molar refractivity (Wildman–Crippen MR) is 64.0 cm³/mol. The van der Waals surface area contributed by atoms with Gasteiger partial charge in [0.05, 0.1) is 16.8 Å². The molecule has 0 aromatic heterocycles. The molecule has 3 nitrogen and oxygen atoms in total. The van der Waals surface area contributed by atoms with E-state index in [0.717, 1.165) is 0 Å². The standard InChI is InChI=1S/C12H12ClFN2O/c1-7(2)8(6-15)12(17)16-10-5-3-4-9(13)11(10)14/h3-5,7-8H,1-2H3,(H,16,17). The third-order valence-corrected chi connectivity index (χ3v) is 2.59. The van der Waals surface area contributed by atoms with Crippen LogP contribution in [0.2, 0.25) is 5.02 Å². The fraction of sp³-hybridized carbons (Fsp3) is 0.333. The van der Waals surface area contributed by atoms with Crippen LogP contribution in [0, 0.1) is 29.0 Å². The predicted octanol–water partition coefficient (Wildman–Crippen LogP) is 3.21. The Kier molecular flexibility index (Phi) is 4.47. The van der Waals surface area contributed by atoms with Crippen LogP contribution in [0.1, 0.15) is 13.8 Å². The number of carbonyl (C=O) groups excluding carboxylic acids is 1. The lowest BCUT2D eigenvalue weighted by atomic mass is 9.96. The molecule has 1 aromatic rings. The summed E-state index contributed by atoms with van der Waals surface area (Å²) < 4.78 is 13.5. The smallest absolute Gasteiger partial charge is 0.242 e. The number of halogens is 2. The van der Waals surface area contributed by atoms with Crippen molar-refractivity contribution in [2.75, 3.05) is 5.32 Å². The van der Waals surface area contributed by atoms with Crippen molar-refractivity contribution in [3.05, 3.63) is 29.0 Å². The Balaban J connectivity index is 2.89. The fourth-order valence-electron chi connectivity index (χ4n) is 1.32. The zero-order valence-corrected chi connectivity index (χ0v) is 10.3. The van der Waals surface area contributed by atoms with Gasteiger partial charge in [0, 0.05) is 0 Å². The zero-order chi connectivity index (χ0) is 13.0. The van der Waals surface area contributed by atoms with Crippen LogP contribution in [0.15, 0.2) is 18.2 Å². The van der Waals surface area contributed by atoms with Gasteiger partial charge in [0.1, 0.15) is 5.92 Å². The minimum absolute atomic E-state index is 0.0107. The Bertz CT molecular complexity index is 468. The van der Waals surface area contributed by atoms with Crippen molar-refractivity contribution in [1.82, 2.24) is 0 Å². The van der Waals surface area contributed by atoms with Crippen LogP contribution < -0.4 is 5.32 Å². The summed E-state index contributed by atoms with van der Waals surface area (Å²) in [5.74, 6) is -2.16. The van der Waals surface area contributed by atoms with Gasteiger partial charge in [0.2, 0.25) is 5.91 Å². The third-order valence-electron chi connectivity index (χ3n) is 2.30. The normalized spacial score (nSPS) is 12.0. The van der Waals surface area contributed by atoms with E-state index < -0.39 is 17.6 Å². The molecule has 0 radical (unpaired) electrons. The molecule has 1 unspecified atom stereocenters. The van der Waals surface area contributed by atoms with Crippen LogP contribution in [-0.2, 0) is 4.79 Å². The van der Waals surface area contributed by atoms with E-state index in [1.807, 2.05) is 6.07 Å². The molecule has 0 aliphatic rings. The third kappa shape index (κ3) is 3.18. The van der Waals surface area contributed by atoms with Crippen LogP contribution in [0.3, 0.4) is 0 Å². The minimum atomic E-state index is -0.812. The van der Waals surface area contributed by atoms with E-state index in [1.165, 1.54) is 18.2 Å². The van der Waals surface area contributed by atoms with Crippen LogP contribution in [0.5, 0.6) is 0 Å². The number of hydrogen-bond acceptors (Lipinski definition) is 2. The first kappa shape index (κ1) is 13.5. The number of anilines is 1. The van der Waals surface area contributed by atoms with Gasteiger partial charge in [0.25, 0.3) is 0 Å².